The highest BCUT2D eigenvalue weighted by molar-refractivity contribution is 5.81. The minimum atomic E-state index is -0.153. The van der Waals surface area contributed by atoms with Gasteiger partial charge in [-0.05, 0) is 38.8 Å². The summed E-state index contributed by atoms with van der Waals surface area (Å²) >= 11 is 0. The topological polar surface area (TPSA) is 102 Å². The second kappa shape index (κ2) is 4.65. The molecular weight excluding hydrogens is 244 g/mol. The number of anilines is 1. The number of nitrogen functional groups attached to an aromatic ring is 1. The Labute approximate surface area is 110 Å². The molecule has 2 aromatic rings. The summed E-state index contributed by atoms with van der Waals surface area (Å²) in [6.07, 6.45) is 2.16. The maximum absolute atomic E-state index is 12.0. The van der Waals surface area contributed by atoms with E-state index in [4.69, 9.17) is 5.73 Å². The van der Waals surface area contributed by atoms with Crippen molar-refractivity contribution in [1.82, 2.24) is 24.8 Å². The lowest BCUT2D eigenvalue weighted by Gasteiger charge is -2.22. The van der Waals surface area contributed by atoms with Crippen molar-refractivity contribution in [2.45, 2.75) is 26.3 Å². The summed E-state index contributed by atoms with van der Waals surface area (Å²) < 4.78 is 1.69. The summed E-state index contributed by atoms with van der Waals surface area (Å²) in [4.78, 5) is 23.2. The van der Waals surface area contributed by atoms with Gasteiger partial charge in [0.1, 0.15) is 11.3 Å². The molecule has 7 nitrogen and oxygen atoms in total. The van der Waals surface area contributed by atoms with Crippen molar-refractivity contribution in [3.63, 3.8) is 0 Å². The highest BCUT2D eigenvalue weighted by Gasteiger charge is 2.18. The largest absolute Gasteiger partial charge is 0.382 e. The molecule has 4 N–H and O–H groups in total. The van der Waals surface area contributed by atoms with Gasteiger partial charge in [-0.15, -0.1) is 0 Å². The molecular formula is C12H18N6O. The molecule has 0 aromatic carbocycles. The Morgan fingerprint density at radius 2 is 2.11 bits per heavy atom. The van der Waals surface area contributed by atoms with Gasteiger partial charge in [-0.1, -0.05) is 0 Å². The lowest BCUT2D eigenvalue weighted by atomic mass is 9.98. The predicted octanol–water partition coefficient (Wildman–Crippen LogP) is 0.00982. The maximum atomic E-state index is 12.0. The van der Waals surface area contributed by atoms with Crippen LogP contribution >= 0.6 is 0 Å². The summed E-state index contributed by atoms with van der Waals surface area (Å²) in [7, 11) is 0. The standard InChI is InChI=1S/C12H18N6O/c1-7-15-10(13)9-11(16-7)18(12(19)17-9)6-8-2-4-14-5-3-8/h8,14H,2-6H2,1H3,(H,17,19)(H2,13,15,16). The van der Waals surface area contributed by atoms with E-state index in [9.17, 15) is 4.79 Å². The van der Waals surface area contributed by atoms with Crippen LogP contribution < -0.4 is 16.7 Å². The van der Waals surface area contributed by atoms with E-state index in [1.807, 2.05) is 0 Å². The molecule has 3 heterocycles. The minimum Gasteiger partial charge on any atom is -0.382 e. The summed E-state index contributed by atoms with van der Waals surface area (Å²) in [5.74, 6) is 1.43. The number of aromatic amines is 1. The molecule has 102 valence electrons. The van der Waals surface area contributed by atoms with Crippen LogP contribution in [0.2, 0.25) is 0 Å². The number of H-pyrrole nitrogens is 1. The Hall–Kier alpha value is -1.89. The molecule has 1 aliphatic heterocycles. The monoisotopic (exact) mass is 262 g/mol. The van der Waals surface area contributed by atoms with Gasteiger partial charge in [-0.3, -0.25) is 4.57 Å². The zero-order chi connectivity index (χ0) is 13.4. The number of nitrogens with zero attached hydrogens (tertiary/aromatic N) is 3. The van der Waals surface area contributed by atoms with Crippen LogP contribution in [0.3, 0.4) is 0 Å². The van der Waals surface area contributed by atoms with Crippen molar-refractivity contribution >= 4 is 17.0 Å². The lowest BCUT2D eigenvalue weighted by Crippen LogP contribution is -2.32. The number of hydrogen-bond acceptors (Lipinski definition) is 5. The van der Waals surface area contributed by atoms with E-state index < -0.39 is 0 Å². The van der Waals surface area contributed by atoms with E-state index in [0.29, 0.717) is 35.3 Å². The van der Waals surface area contributed by atoms with E-state index in [-0.39, 0.29) is 5.69 Å². The molecule has 19 heavy (non-hydrogen) atoms. The van der Waals surface area contributed by atoms with Crippen LogP contribution in [0.1, 0.15) is 18.7 Å². The van der Waals surface area contributed by atoms with Crippen molar-refractivity contribution in [3.05, 3.63) is 16.3 Å². The fourth-order valence-corrected chi connectivity index (χ4v) is 2.66. The van der Waals surface area contributed by atoms with Crippen LogP contribution in [0, 0.1) is 12.8 Å². The number of fused-ring (bicyclic) bond motifs is 1. The van der Waals surface area contributed by atoms with E-state index in [0.717, 1.165) is 25.9 Å². The first-order chi connectivity index (χ1) is 9.15. The van der Waals surface area contributed by atoms with Crippen molar-refractivity contribution in [1.29, 1.82) is 0 Å². The maximum Gasteiger partial charge on any atom is 0.327 e. The van der Waals surface area contributed by atoms with Gasteiger partial charge in [-0.25, -0.2) is 14.8 Å². The Bertz CT molecular complexity index is 652. The third kappa shape index (κ3) is 2.21. The number of rotatable bonds is 2. The smallest absolute Gasteiger partial charge is 0.327 e. The first-order valence-electron chi connectivity index (χ1n) is 6.58. The van der Waals surface area contributed by atoms with Crippen LogP contribution in [0.5, 0.6) is 0 Å². The molecule has 1 fully saturated rings. The van der Waals surface area contributed by atoms with E-state index in [2.05, 4.69) is 20.3 Å². The number of hydrogen-bond donors (Lipinski definition) is 3. The van der Waals surface area contributed by atoms with Crippen LogP contribution in [0.15, 0.2) is 4.79 Å². The first kappa shape index (κ1) is 12.2. The molecule has 0 amide bonds. The zero-order valence-electron chi connectivity index (χ0n) is 10.9. The Morgan fingerprint density at radius 3 is 2.84 bits per heavy atom. The fourth-order valence-electron chi connectivity index (χ4n) is 2.66. The van der Waals surface area contributed by atoms with Gasteiger partial charge in [0.25, 0.3) is 0 Å². The minimum absolute atomic E-state index is 0.153. The zero-order valence-corrected chi connectivity index (χ0v) is 10.9. The SMILES string of the molecule is Cc1nc(N)c2[nH]c(=O)n(CC3CCNCC3)c2n1. The van der Waals surface area contributed by atoms with Gasteiger partial charge in [0.2, 0.25) is 0 Å². The second-order valence-electron chi connectivity index (χ2n) is 5.09. The van der Waals surface area contributed by atoms with Gasteiger partial charge < -0.3 is 16.0 Å². The van der Waals surface area contributed by atoms with E-state index in [1.54, 1.807) is 11.5 Å². The number of aromatic nitrogens is 4. The number of piperidine rings is 1. The highest BCUT2D eigenvalue weighted by atomic mass is 16.1. The average Bonchev–Trinajstić information content (AvgIpc) is 2.69. The van der Waals surface area contributed by atoms with E-state index >= 15 is 0 Å². The molecule has 0 saturated carbocycles. The fraction of sp³-hybridized carbons (Fsp3) is 0.583. The first-order valence-corrected chi connectivity index (χ1v) is 6.58. The van der Waals surface area contributed by atoms with Gasteiger partial charge in [0.15, 0.2) is 11.5 Å². The van der Waals surface area contributed by atoms with E-state index in [1.165, 1.54) is 0 Å². The van der Waals surface area contributed by atoms with Crippen molar-refractivity contribution in [3.8, 4) is 0 Å². The molecule has 7 heteroatoms. The molecule has 1 saturated heterocycles. The molecule has 3 rings (SSSR count). The molecule has 0 radical (unpaired) electrons. The molecule has 1 aliphatic rings. The number of nitrogens with one attached hydrogen (secondary N) is 2. The van der Waals surface area contributed by atoms with Crippen LogP contribution in [0.25, 0.3) is 11.2 Å². The van der Waals surface area contributed by atoms with Gasteiger partial charge in [0.05, 0.1) is 0 Å². The van der Waals surface area contributed by atoms with Gasteiger partial charge in [0, 0.05) is 6.54 Å². The quantitative estimate of drug-likeness (QED) is 0.707. The summed E-state index contributed by atoms with van der Waals surface area (Å²) in [6.45, 7) is 4.49. The molecule has 0 spiro atoms. The van der Waals surface area contributed by atoms with Gasteiger partial charge >= 0.3 is 5.69 Å². The summed E-state index contributed by atoms with van der Waals surface area (Å²) in [6, 6.07) is 0. The number of aryl methyl sites for hydroxylation is 1. The normalized spacial score (nSPS) is 17.1. The Morgan fingerprint density at radius 1 is 1.37 bits per heavy atom. The van der Waals surface area contributed by atoms with Crippen molar-refractivity contribution in [2.24, 2.45) is 5.92 Å². The van der Waals surface area contributed by atoms with Crippen LogP contribution in [-0.2, 0) is 6.54 Å². The van der Waals surface area contributed by atoms with Crippen LogP contribution in [-0.4, -0.2) is 32.6 Å². The molecule has 2 aromatic heterocycles. The second-order valence-corrected chi connectivity index (χ2v) is 5.09. The van der Waals surface area contributed by atoms with Crippen molar-refractivity contribution < 1.29 is 0 Å². The number of imidazole rings is 1. The summed E-state index contributed by atoms with van der Waals surface area (Å²) in [5.41, 5.74) is 6.84. The van der Waals surface area contributed by atoms with Crippen LogP contribution in [0.4, 0.5) is 5.82 Å². The third-order valence-electron chi connectivity index (χ3n) is 3.66. The average molecular weight is 262 g/mol. The molecule has 0 unspecified atom stereocenters. The Kier molecular flexibility index (Phi) is 2.98. The molecule has 0 atom stereocenters. The predicted molar refractivity (Wildman–Crippen MR) is 72.9 cm³/mol. The highest BCUT2D eigenvalue weighted by Crippen LogP contribution is 2.18. The lowest BCUT2D eigenvalue weighted by molar-refractivity contribution is 0.333. The molecule has 0 aliphatic carbocycles. The third-order valence-corrected chi connectivity index (χ3v) is 3.66. The summed E-state index contributed by atoms with van der Waals surface area (Å²) in [5, 5.41) is 3.32. The number of nitrogens with two attached hydrogens (primary N) is 1. The molecule has 0 bridgehead atoms. The van der Waals surface area contributed by atoms with Crippen molar-refractivity contribution in [2.75, 3.05) is 18.8 Å². The Balaban J connectivity index is 2.02. The van der Waals surface area contributed by atoms with Gasteiger partial charge in [-0.2, -0.15) is 0 Å².